The van der Waals surface area contributed by atoms with E-state index in [1.165, 1.54) is 101 Å². The van der Waals surface area contributed by atoms with Gasteiger partial charge in [-0.1, -0.05) is 102 Å². The maximum Gasteiger partial charge on any atom is 0.0637 e. The fourth-order valence-electron chi connectivity index (χ4n) is 3.84. The molecule has 159 valence electrons. The van der Waals surface area contributed by atoms with Crippen molar-refractivity contribution in [2.24, 2.45) is 0 Å². The summed E-state index contributed by atoms with van der Waals surface area (Å²) in [5, 5.41) is 4.78. The van der Waals surface area contributed by atoms with Crippen molar-refractivity contribution in [3.05, 3.63) is 59.7 Å². The number of hydrogen-bond acceptors (Lipinski definition) is 0. The molecule has 0 aliphatic carbocycles. The third kappa shape index (κ3) is 10.5. The van der Waals surface area contributed by atoms with E-state index in [2.05, 4.69) is 62.4 Å². The van der Waals surface area contributed by atoms with Gasteiger partial charge in [-0.25, -0.2) is 5.32 Å². The zero-order chi connectivity index (χ0) is 20.6. The first-order valence-electron chi connectivity index (χ1n) is 12.2. The summed E-state index contributed by atoms with van der Waals surface area (Å²) in [6.07, 6.45) is 18.7. The first-order chi connectivity index (χ1) is 14.3. The standard InChI is InChI=1S/C28H42N/c1-3-5-7-9-11-13-15-25-17-21-27(22-18-25)29-28-23-19-26(20-24-28)16-14-12-10-8-6-4-2/h17-24H,3-16H2,1-2H3. The predicted molar refractivity (Wildman–Crippen MR) is 128 cm³/mol. The average molecular weight is 393 g/mol. The topological polar surface area (TPSA) is 14.1 Å². The van der Waals surface area contributed by atoms with Crippen molar-refractivity contribution >= 4 is 11.4 Å². The van der Waals surface area contributed by atoms with Gasteiger partial charge in [-0.15, -0.1) is 0 Å². The van der Waals surface area contributed by atoms with Crippen molar-refractivity contribution in [1.82, 2.24) is 5.32 Å². The van der Waals surface area contributed by atoms with E-state index in [-0.39, 0.29) is 0 Å². The number of unbranched alkanes of at least 4 members (excludes halogenated alkanes) is 10. The Bertz CT molecular complexity index is 569. The van der Waals surface area contributed by atoms with Crippen molar-refractivity contribution in [3.63, 3.8) is 0 Å². The van der Waals surface area contributed by atoms with Crippen LogP contribution in [0.15, 0.2) is 48.5 Å². The average Bonchev–Trinajstić information content (AvgIpc) is 2.75. The first kappa shape index (κ1) is 23.5. The van der Waals surface area contributed by atoms with Crippen LogP contribution in [-0.2, 0) is 12.8 Å². The summed E-state index contributed by atoms with van der Waals surface area (Å²) in [6.45, 7) is 4.55. The van der Waals surface area contributed by atoms with Gasteiger partial charge in [-0.2, -0.15) is 0 Å². The van der Waals surface area contributed by atoms with E-state index in [1.807, 2.05) is 0 Å². The monoisotopic (exact) mass is 392 g/mol. The Morgan fingerprint density at radius 3 is 1.17 bits per heavy atom. The summed E-state index contributed by atoms with van der Waals surface area (Å²) in [4.78, 5) is 0. The lowest BCUT2D eigenvalue weighted by atomic mass is 10.0. The van der Waals surface area contributed by atoms with Crippen molar-refractivity contribution < 1.29 is 0 Å². The van der Waals surface area contributed by atoms with Gasteiger partial charge in [0, 0.05) is 0 Å². The van der Waals surface area contributed by atoms with Crippen molar-refractivity contribution in [2.75, 3.05) is 0 Å². The molecule has 2 aromatic carbocycles. The molecule has 0 aromatic heterocycles. The highest BCUT2D eigenvalue weighted by Gasteiger charge is 2.00. The van der Waals surface area contributed by atoms with Crippen LogP contribution >= 0.6 is 0 Å². The van der Waals surface area contributed by atoms with Gasteiger partial charge in [0.1, 0.15) is 0 Å². The van der Waals surface area contributed by atoms with Crippen LogP contribution < -0.4 is 5.32 Å². The molecule has 1 radical (unpaired) electrons. The Balaban J connectivity index is 1.66. The van der Waals surface area contributed by atoms with Crippen LogP contribution in [0.2, 0.25) is 0 Å². The molecule has 0 amide bonds. The fraction of sp³-hybridized carbons (Fsp3) is 0.571. The number of nitrogens with zero attached hydrogens (tertiary/aromatic N) is 1. The lowest BCUT2D eigenvalue weighted by Gasteiger charge is -2.07. The normalized spacial score (nSPS) is 11.0. The van der Waals surface area contributed by atoms with Gasteiger partial charge in [-0.3, -0.25) is 0 Å². The van der Waals surface area contributed by atoms with Gasteiger partial charge in [0.15, 0.2) is 0 Å². The minimum Gasteiger partial charge on any atom is -0.249 e. The Hall–Kier alpha value is -1.76. The predicted octanol–water partition coefficient (Wildman–Crippen LogP) is 9.06. The third-order valence-electron chi connectivity index (χ3n) is 5.77. The lowest BCUT2D eigenvalue weighted by molar-refractivity contribution is 0.607. The molecule has 0 saturated carbocycles. The Morgan fingerprint density at radius 2 is 0.793 bits per heavy atom. The van der Waals surface area contributed by atoms with Crippen molar-refractivity contribution in [1.29, 1.82) is 0 Å². The molecule has 0 N–H and O–H groups in total. The zero-order valence-electron chi connectivity index (χ0n) is 19.0. The van der Waals surface area contributed by atoms with E-state index in [9.17, 15) is 0 Å². The molecule has 2 rings (SSSR count). The van der Waals surface area contributed by atoms with E-state index >= 15 is 0 Å². The molecule has 0 aliphatic rings. The summed E-state index contributed by atoms with van der Waals surface area (Å²) in [6, 6.07) is 17.6. The number of rotatable bonds is 16. The maximum atomic E-state index is 4.78. The summed E-state index contributed by atoms with van der Waals surface area (Å²) >= 11 is 0. The highest BCUT2D eigenvalue weighted by Crippen LogP contribution is 2.20. The van der Waals surface area contributed by atoms with Gasteiger partial charge in [0.2, 0.25) is 0 Å². The Labute approximate surface area is 180 Å². The summed E-state index contributed by atoms with van der Waals surface area (Å²) in [5.41, 5.74) is 4.99. The number of benzene rings is 2. The molecule has 0 fully saturated rings. The molecule has 0 aliphatic heterocycles. The van der Waals surface area contributed by atoms with Gasteiger partial charge < -0.3 is 0 Å². The smallest absolute Gasteiger partial charge is 0.0637 e. The molecular weight excluding hydrogens is 350 g/mol. The molecule has 2 aromatic rings. The van der Waals surface area contributed by atoms with Crippen LogP contribution in [0.3, 0.4) is 0 Å². The second-order valence-corrected chi connectivity index (χ2v) is 8.48. The lowest BCUT2D eigenvalue weighted by Crippen LogP contribution is -1.92. The van der Waals surface area contributed by atoms with E-state index in [4.69, 9.17) is 5.32 Å². The molecule has 0 bridgehead atoms. The first-order valence-corrected chi connectivity index (χ1v) is 12.2. The van der Waals surface area contributed by atoms with E-state index in [0.717, 1.165) is 11.4 Å². The second kappa shape index (κ2) is 15.1. The molecule has 0 heterocycles. The molecule has 0 saturated heterocycles. The summed E-state index contributed by atoms with van der Waals surface area (Å²) < 4.78 is 0. The number of aryl methyl sites for hydroxylation is 2. The maximum absolute atomic E-state index is 4.78. The number of hydrogen-bond donors (Lipinski definition) is 0. The van der Waals surface area contributed by atoms with Crippen LogP contribution in [-0.4, -0.2) is 0 Å². The van der Waals surface area contributed by atoms with Gasteiger partial charge in [0.05, 0.1) is 11.4 Å². The van der Waals surface area contributed by atoms with Gasteiger partial charge in [0.25, 0.3) is 0 Å². The fourth-order valence-corrected chi connectivity index (χ4v) is 3.84. The van der Waals surface area contributed by atoms with Crippen LogP contribution in [0.1, 0.15) is 102 Å². The molecule has 0 unspecified atom stereocenters. The summed E-state index contributed by atoms with van der Waals surface area (Å²) in [7, 11) is 0. The quantitative estimate of drug-likeness (QED) is 0.253. The molecule has 29 heavy (non-hydrogen) atoms. The van der Waals surface area contributed by atoms with Crippen molar-refractivity contribution in [3.8, 4) is 0 Å². The molecular formula is C28H42N. The zero-order valence-corrected chi connectivity index (χ0v) is 19.0. The molecule has 0 atom stereocenters. The highest BCUT2D eigenvalue weighted by atomic mass is 14.9. The third-order valence-corrected chi connectivity index (χ3v) is 5.77. The highest BCUT2D eigenvalue weighted by molar-refractivity contribution is 5.49. The van der Waals surface area contributed by atoms with Crippen LogP contribution in [0.25, 0.3) is 0 Å². The summed E-state index contributed by atoms with van der Waals surface area (Å²) in [5.74, 6) is 0. The molecule has 0 spiro atoms. The van der Waals surface area contributed by atoms with Gasteiger partial charge in [-0.05, 0) is 61.1 Å². The van der Waals surface area contributed by atoms with E-state index in [1.54, 1.807) is 0 Å². The largest absolute Gasteiger partial charge is 0.249 e. The van der Waals surface area contributed by atoms with Crippen LogP contribution in [0.4, 0.5) is 11.4 Å². The minimum absolute atomic E-state index is 1.06. The molecule has 1 heteroatoms. The van der Waals surface area contributed by atoms with Crippen molar-refractivity contribution in [2.45, 2.75) is 104 Å². The SMILES string of the molecule is CCCCCCCCc1ccc([N]c2ccc(CCCCCCCC)cc2)cc1. The van der Waals surface area contributed by atoms with Gasteiger partial charge >= 0.3 is 0 Å². The Kier molecular flexibility index (Phi) is 12.3. The Morgan fingerprint density at radius 1 is 0.448 bits per heavy atom. The second-order valence-electron chi connectivity index (χ2n) is 8.48. The van der Waals surface area contributed by atoms with Crippen LogP contribution in [0.5, 0.6) is 0 Å². The van der Waals surface area contributed by atoms with Crippen LogP contribution in [0, 0.1) is 0 Å². The minimum atomic E-state index is 1.06. The van der Waals surface area contributed by atoms with E-state index < -0.39 is 0 Å². The molecule has 1 nitrogen and oxygen atoms in total. The van der Waals surface area contributed by atoms with E-state index in [0.29, 0.717) is 0 Å².